The molecular weight excluding hydrogens is 220 g/mol. The summed E-state index contributed by atoms with van der Waals surface area (Å²) in [5.74, 6) is 2.49. The molecule has 0 radical (unpaired) electrons. The molecule has 0 spiro atoms. The van der Waals surface area contributed by atoms with Gasteiger partial charge in [0, 0.05) is 18.1 Å². The number of likely N-dealkylation sites (tertiary alicyclic amines) is 1. The standard InChI is InChI=1S/C16H32N2/c1-12-7-8-18(15(4)9-12)16(11-17)10-13(2)5-6-14(16)3/h12-15H,5-11,17H2,1-4H3. The lowest BCUT2D eigenvalue weighted by molar-refractivity contribution is -0.0510. The molecule has 1 saturated carbocycles. The van der Waals surface area contributed by atoms with Gasteiger partial charge in [0.05, 0.1) is 0 Å². The second kappa shape index (κ2) is 5.50. The average Bonchev–Trinajstić information content (AvgIpc) is 2.33. The summed E-state index contributed by atoms with van der Waals surface area (Å²) in [6, 6.07) is 0.713. The van der Waals surface area contributed by atoms with Crippen molar-refractivity contribution in [3.63, 3.8) is 0 Å². The highest BCUT2D eigenvalue weighted by molar-refractivity contribution is 5.02. The Balaban J connectivity index is 2.19. The van der Waals surface area contributed by atoms with Crippen LogP contribution in [0.1, 0.15) is 59.8 Å². The van der Waals surface area contributed by atoms with Gasteiger partial charge in [-0.25, -0.2) is 0 Å². The quantitative estimate of drug-likeness (QED) is 0.817. The summed E-state index contributed by atoms with van der Waals surface area (Å²) < 4.78 is 0. The average molecular weight is 252 g/mol. The lowest BCUT2D eigenvalue weighted by Gasteiger charge is -2.56. The van der Waals surface area contributed by atoms with Gasteiger partial charge in [0.2, 0.25) is 0 Å². The second-order valence-corrected chi connectivity index (χ2v) is 7.27. The maximum atomic E-state index is 6.28. The van der Waals surface area contributed by atoms with E-state index >= 15 is 0 Å². The summed E-state index contributed by atoms with van der Waals surface area (Å²) >= 11 is 0. The van der Waals surface area contributed by atoms with Crippen LogP contribution in [0.4, 0.5) is 0 Å². The molecule has 2 fully saturated rings. The van der Waals surface area contributed by atoms with Crippen LogP contribution in [0.2, 0.25) is 0 Å². The SMILES string of the molecule is CC1CCN(C2(CN)CC(C)CCC2C)C(C)C1. The maximum absolute atomic E-state index is 6.28. The molecule has 18 heavy (non-hydrogen) atoms. The Morgan fingerprint density at radius 1 is 1.06 bits per heavy atom. The predicted octanol–water partition coefficient (Wildman–Crippen LogP) is 3.26. The first-order valence-corrected chi connectivity index (χ1v) is 7.96. The first-order valence-electron chi connectivity index (χ1n) is 7.96. The fourth-order valence-corrected chi connectivity index (χ4v) is 4.58. The molecular formula is C16H32N2. The van der Waals surface area contributed by atoms with Crippen LogP contribution >= 0.6 is 0 Å². The van der Waals surface area contributed by atoms with Crippen molar-refractivity contribution in [3.05, 3.63) is 0 Å². The normalized spacial score (nSPS) is 47.2. The van der Waals surface area contributed by atoms with Crippen molar-refractivity contribution in [2.45, 2.75) is 71.4 Å². The number of nitrogens with zero attached hydrogens (tertiary/aromatic N) is 1. The molecule has 0 bridgehead atoms. The fourth-order valence-electron chi connectivity index (χ4n) is 4.58. The van der Waals surface area contributed by atoms with E-state index in [4.69, 9.17) is 5.73 Å². The van der Waals surface area contributed by atoms with E-state index in [0.29, 0.717) is 6.04 Å². The molecule has 1 saturated heterocycles. The topological polar surface area (TPSA) is 29.3 Å². The first kappa shape index (κ1) is 14.3. The van der Waals surface area contributed by atoms with Gasteiger partial charge in [-0.2, -0.15) is 0 Å². The Bertz CT molecular complexity index is 278. The molecule has 1 aliphatic carbocycles. The van der Waals surface area contributed by atoms with Crippen LogP contribution in [0.5, 0.6) is 0 Å². The highest BCUT2D eigenvalue weighted by atomic mass is 15.2. The Morgan fingerprint density at radius 3 is 2.39 bits per heavy atom. The summed E-state index contributed by atoms with van der Waals surface area (Å²) in [5.41, 5.74) is 6.57. The third-order valence-electron chi connectivity index (χ3n) is 5.78. The molecule has 2 N–H and O–H groups in total. The number of rotatable bonds is 2. The Kier molecular flexibility index (Phi) is 4.38. The van der Waals surface area contributed by atoms with Crippen LogP contribution in [0.15, 0.2) is 0 Å². The van der Waals surface area contributed by atoms with Crippen LogP contribution < -0.4 is 5.73 Å². The predicted molar refractivity (Wildman–Crippen MR) is 78.5 cm³/mol. The molecule has 5 unspecified atom stereocenters. The lowest BCUT2D eigenvalue weighted by Crippen LogP contribution is -2.64. The molecule has 0 aromatic heterocycles. The monoisotopic (exact) mass is 252 g/mol. The lowest BCUT2D eigenvalue weighted by atomic mass is 9.67. The second-order valence-electron chi connectivity index (χ2n) is 7.27. The van der Waals surface area contributed by atoms with E-state index in [2.05, 4.69) is 32.6 Å². The van der Waals surface area contributed by atoms with Crippen molar-refractivity contribution in [3.8, 4) is 0 Å². The maximum Gasteiger partial charge on any atom is 0.0362 e. The molecule has 2 nitrogen and oxygen atoms in total. The molecule has 0 aromatic carbocycles. The van der Waals surface area contributed by atoms with Crippen LogP contribution in [0, 0.1) is 17.8 Å². The largest absolute Gasteiger partial charge is 0.329 e. The van der Waals surface area contributed by atoms with Crippen LogP contribution in [0.25, 0.3) is 0 Å². The molecule has 5 atom stereocenters. The molecule has 2 heteroatoms. The van der Waals surface area contributed by atoms with Gasteiger partial charge in [0.25, 0.3) is 0 Å². The number of piperidine rings is 1. The minimum atomic E-state index is 0.289. The van der Waals surface area contributed by atoms with Gasteiger partial charge in [-0.15, -0.1) is 0 Å². The molecule has 1 aliphatic heterocycles. The third kappa shape index (κ3) is 2.46. The third-order valence-corrected chi connectivity index (χ3v) is 5.78. The summed E-state index contributed by atoms with van der Waals surface area (Å²) in [6.07, 6.45) is 6.76. The Labute approximate surface area is 113 Å². The van der Waals surface area contributed by atoms with Crippen molar-refractivity contribution in [2.75, 3.05) is 13.1 Å². The van der Waals surface area contributed by atoms with Crippen LogP contribution in [0.3, 0.4) is 0 Å². The van der Waals surface area contributed by atoms with E-state index in [9.17, 15) is 0 Å². The van der Waals surface area contributed by atoms with Gasteiger partial charge in [-0.1, -0.05) is 27.2 Å². The van der Waals surface area contributed by atoms with Crippen LogP contribution in [-0.4, -0.2) is 29.6 Å². The summed E-state index contributed by atoms with van der Waals surface area (Å²) in [5, 5.41) is 0. The molecule has 0 aromatic rings. The van der Waals surface area contributed by atoms with E-state index in [1.807, 2.05) is 0 Å². The molecule has 0 amide bonds. The first-order chi connectivity index (χ1) is 8.49. The minimum Gasteiger partial charge on any atom is -0.329 e. The highest BCUT2D eigenvalue weighted by Crippen LogP contribution is 2.43. The van der Waals surface area contributed by atoms with Crippen molar-refractivity contribution >= 4 is 0 Å². The minimum absolute atomic E-state index is 0.289. The van der Waals surface area contributed by atoms with Crippen molar-refractivity contribution < 1.29 is 0 Å². The van der Waals surface area contributed by atoms with Gasteiger partial charge in [0.1, 0.15) is 0 Å². The number of nitrogens with two attached hydrogens (primary N) is 1. The molecule has 1 heterocycles. The smallest absolute Gasteiger partial charge is 0.0362 e. The molecule has 2 rings (SSSR count). The number of hydrogen-bond donors (Lipinski definition) is 1. The van der Waals surface area contributed by atoms with Crippen molar-refractivity contribution in [1.29, 1.82) is 0 Å². The zero-order chi connectivity index (χ0) is 13.3. The number of hydrogen-bond acceptors (Lipinski definition) is 2. The van der Waals surface area contributed by atoms with Crippen LogP contribution in [-0.2, 0) is 0 Å². The summed E-state index contributed by atoms with van der Waals surface area (Å²) in [4.78, 5) is 2.79. The van der Waals surface area contributed by atoms with E-state index in [-0.39, 0.29) is 5.54 Å². The summed E-state index contributed by atoms with van der Waals surface area (Å²) in [7, 11) is 0. The van der Waals surface area contributed by atoms with Gasteiger partial charge in [-0.05, 0) is 56.9 Å². The van der Waals surface area contributed by atoms with Crippen molar-refractivity contribution in [1.82, 2.24) is 4.90 Å². The molecule has 2 aliphatic rings. The Morgan fingerprint density at radius 2 is 1.78 bits per heavy atom. The van der Waals surface area contributed by atoms with Gasteiger partial charge < -0.3 is 5.73 Å². The summed E-state index contributed by atoms with van der Waals surface area (Å²) in [6.45, 7) is 11.8. The van der Waals surface area contributed by atoms with E-state index < -0.39 is 0 Å². The highest BCUT2D eigenvalue weighted by Gasteiger charge is 2.46. The van der Waals surface area contributed by atoms with Gasteiger partial charge in [-0.3, -0.25) is 4.90 Å². The van der Waals surface area contributed by atoms with Crippen molar-refractivity contribution in [2.24, 2.45) is 23.5 Å². The van der Waals surface area contributed by atoms with Gasteiger partial charge >= 0.3 is 0 Å². The molecule has 106 valence electrons. The fraction of sp³-hybridized carbons (Fsp3) is 1.00. The Hall–Kier alpha value is -0.0800. The van der Waals surface area contributed by atoms with E-state index in [0.717, 1.165) is 24.3 Å². The van der Waals surface area contributed by atoms with E-state index in [1.54, 1.807) is 0 Å². The zero-order valence-corrected chi connectivity index (χ0v) is 12.8. The van der Waals surface area contributed by atoms with Gasteiger partial charge in [0.15, 0.2) is 0 Å². The zero-order valence-electron chi connectivity index (χ0n) is 12.8. The van der Waals surface area contributed by atoms with E-state index in [1.165, 1.54) is 38.6 Å².